The Morgan fingerprint density at radius 2 is 1.77 bits per heavy atom. The van der Waals surface area contributed by atoms with E-state index in [1.54, 1.807) is 48.5 Å². The van der Waals surface area contributed by atoms with Crippen molar-refractivity contribution in [2.24, 2.45) is 0 Å². The van der Waals surface area contributed by atoms with E-state index in [0.717, 1.165) is 23.4 Å². The molecule has 3 aromatic rings. The molecule has 3 amide bonds. The van der Waals surface area contributed by atoms with Crippen molar-refractivity contribution in [2.45, 2.75) is 13.8 Å². The van der Waals surface area contributed by atoms with Gasteiger partial charge in [0, 0.05) is 41.3 Å². The second-order valence-corrected chi connectivity index (χ2v) is 8.82. The maximum absolute atomic E-state index is 12.8. The number of H-pyrrole nitrogens is 1. The number of aryl methyl sites for hydroxylation is 1. The van der Waals surface area contributed by atoms with Crippen LogP contribution in [0.15, 0.2) is 48.5 Å². The standard InChI is InChI=1S/C27H29N5O3/c1-16-22(29-17(2)24(16)27(35)28-12-13-32(3)4)15-21-20-11-10-19(14-23(20)31-26(21)34)30-25(33)18-8-6-5-7-9-18/h5-11,14-15,29H,12-13H2,1-4H3,(H,28,35)(H,30,33)(H,31,34)/b21-15-. The van der Waals surface area contributed by atoms with Gasteiger partial charge in [-0.1, -0.05) is 24.3 Å². The summed E-state index contributed by atoms with van der Waals surface area (Å²) in [7, 11) is 3.90. The molecule has 1 aromatic heterocycles. The molecule has 0 atom stereocenters. The summed E-state index contributed by atoms with van der Waals surface area (Å²) in [5.74, 6) is -0.604. The number of hydrogen-bond donors (Lipinski definition) is 4. The predicted octanol–water partition coefficient (Wildman–Crippen LogP) is 3.67. The number of likely N-dealkylation sites (N-methyl/N-ethyl adjacent to an activating group) is 1. The van der Waals surface area contributed by atoms with Crippen LogP contribution in [-0.2, 0) is 4.79 Å². The number of aromatic amines is 1. The average molecular weight is 472 g/mol. The third-order valence-corrected chi connectivity index (χ3v) is 5.93. The van der Waals surface area contributed by atoms with E-state index in [-0.39, 0.29) is 17.7 Å². The van der Waals surface area contributed by atoms with Crippen molar-refractivity contribution in [3.8, 4) is 0 Å². The zero-order valence-electron chi connectivity index (χ0n) is 20.3. The number of amides is 3. The molecule has 0 saturated heterocycles. The number of fused-ring (bicyclic) bond motifs is 1. The molecule has 8 nitrogen and oxygen atoms in total. The summed E-state index contributed by atoms with van der Waals surface area (Å²) in [5.41, 5.74) is 5.81. The summed E-state index contributed by atoms with van der Waals surface area (Å²) in [6.45, 7) is 5.01. The molecule has 1 aliphatic heterocycles. The molecule has 0 spiro atoms. The summed E-state index contributed by atoms with van der Waals surface area (Å²) >= 11 is 0. The molecule has 8 heteroatoms. The summed E-state index contributed by atoms with van der Waals surface area (Å²) in [4.78, 5) is 43.2. The lowest BCUT2D eigenvalue weighted by molar-refractivity contribution is -0.110. The number of anilines is 2. The molecular formula is C27H29N5O3. The fourth-order valence-electron chi connectivity index (χ4n) is 4.09. The summed E-state index contributed by atoms with van der Waals surface area (Å²) in [6.07, 6.45) is 1.77. The molecule has 1 aliphatic rings. The van der Waals surface area contributed by atoms with Crippen molar-refractivity contribution in [1.29, 1.82) is 0 Å². The summed E-state index contributed by atoms with van der Waals surface area (Å²) in [5, 5.41) is 8.67. The lowest BCUT2D eigenvalue weighted by Gasteiger charge is -2.10. The lowest BCUT2D eigenvalue weighted by atomic mass is 10.0. The predicted molar refractivity (Wildman–Crippen MR) is 138 cm³/mol. The smallest absolute Gasteiger partial charge is 0.256 e. The largest absolute Gasteiger partial charge is 0.358 e. The molecule has 0 fully saturated rings. The van der Waals surface area contributed by atoms with Crippen LogP contribution >= 0.6 is 0 Å². The SMILES string of the molecule is Cc1[nH]c(/C=C2\C(=O)Nc3cc(NC(=O)c4ccccc4)ccc32)c(C)c1C(=O)NCCN(C)C. The molecule has 35 heavy (non-hydrogen) atoms. The highest BCUT2D eigenvalue weighted by Crippen LogP contribution is 2.36. The first-order chi connectivity index (χ1) is 16.7. The van der Waals surface area contributed by atoms with Gasteiger partial charge in [-0.25, -0.2) is 0 Å². The monoisotopic (exact) mass is 471 g/mol. The first-order valence-corrected chi connectivity index (χ1v) is 11.4. The number of hydrogen-bond acceptors (Lipinski definition) is 4. The van der Waals surface area contributed by atoms with Gasteiger partial charge in [0.1, 0.15) is 0 Å². The van der Waals surface area contributed by atoms with Crippen molar-refractivity contribution in [1.82, 2.24) is 15.2 Å². The Hall–Kier alpha value is -4.17. The molecule has 4 N–H and O–H groups in total. The van der Waals surface area contributed by atoms with Gasteiger partial charge in [0.25, 0.3) is 17.7 Å². The van der Waals surface area contributed by atoms with Crippen LogP contribution in [0.4, 0.5) is 11.4 Å². The van der Waals surface area contributed by atoms with E-state index in [1.165, 1.54) is 0 Å². The topological polar surface area (TPSA) is 106 Å². The normalized spacial score (nSPS) is 13.6. The van der Waals surface area contributed by atoms with Crippen LogP contribution in [-0.4, -0.2) is 54.8 Å². The maximum Gasteiger partial charge on any atom is 0.256 e. The van der Waals surface area contributed by atoms with Crippen LogP contribution in [0.3, 0.4) is 0 Å². The number of carbonyl (C=O) groups is 3. The van der Waals surface area contributed by atoms with E-state index in [1.807, 2.05) is 38.9 Å². The van der Waals surface area contributed by atoms with Gasteiger partial charge in [0.05, 0.1) is 16.8 Å². The first-order valence-electron chi connectivity index (χ1n) is 11.4. The van der Waals surface area contributed by atoms with Crippen LogP contribution in [0, 0.1) is 13.8 Å². The Labute approximate surface area is 204 Å². The highest BCUT2D eigenvalue weighted by atomic mass is 16.2. The minimum absolute atomic E-state index is 0.141. The molecule has 2 heterocycles. The van der Waals surface area contributed by atoms with Crippen LogP contribution < -0.4 is 16.0 Å². The third-order valence-electron chi connectivity index (χ3n) is 5.93. The van der Waals surface area contributed by atoms with Gasteiger partial charge < -0.3 is 25.8 Å². The van der Waals surface area contributed by atoms with E-state index in [2.05, 4.69) is 20.9 Å². The molecular weight excluding hydrogens is 442 g/mol. The van der Waals surface area contributed by atoms with Gasteiger partial charge in [0.2, 0.25) is 0 Å². The van der Waals surface area contributed by atoms with Gasteiger partial charge >= 0.3 is 0 Å². The number of carbonyl (C=O) groups excluding carboxylic acids is 3. The molecule has 4 rings (SSSR count). The van der Waals surface area contributed by atoms with Gasteiger partial charge in [-0.3, -0.25) is 14.4 Å². The zero-order chi connectivity index (χ0) is 25.1. The molecule has 0 unspecified atom stereocenters. The van der Waals surface area contributed by atoms with Gasteiger partial charge in [-0.15, -0.1) is 0 Å². The Kier molecular flexibility index (Phi) is 6.84. The van der Waals surface area contributed by atoms with Crippen molar-refractivity contribution >= 4 is 40.7 Å². The van der Waals surface area contributed by atoms with Crippen molar-refractivity contribution < 1.29 is 14.4 Å². The zero-order valence-corrected chi connectivity index (χ0v) is 20.3. The quantitative estimate of drug-likeness (QED) is 0.395. The number of rotatable bonds is 7. The molecule has 0 saturated carbocycles. The average Bonchev–Trinajstić information content (AvgIpc) is 3.28. The molecule has 0 radical (unpaired) electrons. The molecule has 2 aromatic carbocycles. The van der Waals surface area contributed by atoms with Crippen LogP contribution in [0.25, 0.3) is 11.6 Å². The second kappa shape index (κ2) is 9.99. The second-order valence-electron chi connectivity index (χ2n) is 8.82. The number of nitrogens with zero attached hydrogens (tertiary/aromatic N) is 1. The fraction of sp³-hybridized carbons (Fsp3) is 0.222. The van der Waals surface area contributed by atoms with Gasteiger partial charge in [-0.2, -0.15) is 0 Å². The Bertz CT molecular complexity index is 1320. The summed E-state index contributed by atoms with van der Waals surface area (Å²) in [6, 6.07) is 14.3. The first kappa shape index (κ1) is 24.0. The van der Waals surface area contributed by atoms with Crippen molar-refractivity contribution in [2.75, 3.05) is 37.8 Å². The molecule has 0 aliphatic carbocycles. The van der Waals surface area contributed by atoms with E-state index in [4.69, 9.17) is 0 Å². The Balaban J connectivity index is 1.56. The fourth-order valence-corrected chi connectivity index (χ4v) is 4.09. The van der Waals surface area contributed by atoms with E-state index < -0.39 is 0 Å². The number of benzene rings is 2. The highest BCUT2D eigenvalue weighted by Gasteiger charge is 2.26. The van der Waals surface area contributed by atoms with Gasteiger partial charge in [-0.05, 0) is 63.8 Å². The van der Waals surface area contributed by atoms with Gasteiger partial charge in [0.15, 0.2) is 0 Å². The lowest BCUT2D eigenvalue weighted by Crippen LogP contribution is -2.31. The van der Waals surface area contributed by atoms with E-state index in [9.17, 15) is 14.4 Å². The maximum atomic E-state index is 12.8. The van der Waals surface area contributed by atoms with Crippen molar-refractivity contribution in [3.05, 3.63) is 82.2 Å². The van der Waals surface area contributed by atoms with E-state index in [0.29, 0.717) is 40.3 Å². The number of nitrogens with one attached hydrogen (secondary N) is 4. The minimum Gasteiger partial charge on any atom is -0.358 e. The highest BCUT2D eigenvalue weighted by molar-refractivity contribution is 6.35. The third kappa shape index (κ3) is 5.17. The number of aromatic nitrogens is 1. The van der Waals surface area contributed by atoms with Crippen LogP contribution in [0.2, 0.25) is 0 Å². The molecule has 0 bridgehead atoms. The van der Waals surface area contributed by atoms with E-state index >= 15 is 0 Å². The minimum atomic E-state index is -0.241. The Morgan fingerprint density at radius 3 is 2.49 bits per heavy atom. The summed E-state index contributed by atoms with van der Waals surface area (Å²) < 4.78 is 0. The van der Waals surface area contributed by atoms with Crippen molar-refractivity contribution in [3.63, 3.8) is 0 Å². The Morgan fingerprint density at radius 1 is 1.03 bits per heavy atom. The molecule has 180 valence electrons. The van der Waals surface area contributed by atoms with Crippen LogP contribution in [0.1, 0.15) is 43.2 Å². The van der Waals surface area contributed by atoms with Crippen LogP contribution in [0.5, 0.6) is 0 Å².